The van der Waals surface area contributed by atoms with Crippen LogP contribution in [-0.2, 0) is 17.9 Å². The molecule has 1 atom stereocenters. The number of nitrogens with one attached hydrogen (secondary N) is 2. The second kappa shape index (κ2) is 9.42. The van der Waals surface area contributed by atoms with E-state index in [0.717, 1.165) is 24.2 Å². The van der Waals surface area contributed by atoms with E-state index in [0.29, 0.717) is 29.0 Å². The summed E-state index contributed by atoms with van der Waals surface area (Å²) in [6, 6.07) is 5.48. The lowest BCUT2D eigenvalue weighted by molar-refractivity contribution is 0.0946. The van der Waals surface area contributed by atoms with Crippen molar-refractivity contribution in [1.29, 1.82) is 0 Å². The number of carbonyl (C=O) groups is 1. The zero-order valence-electron chi connectivity index (χ0n) is 17.0. The first-order valence-electron chi connectivity index (χ1n) is 9.92. The van der Waals surface area contributed by atoms with E-state index < -0.39 is 0 Å². The topological polar surface area (TPSA) is 114 Å². The number of ether oxygens (including phenoxy) is 1. The van der Waals surface area contributed by atoms with Crippen molar-refractivity contribution >= 4 is 23.5 Å². The van der Waals surface area contributed by atoms with Gasteiger partial charge in [-0.25, -0.2) is 9.97 Å². The van der Waals surface area contributed by atoms with Crippen LogP contribution in [0.2, 0.25) is 5.02 Å². The van der Waals surface area contributed by atoms with Gasteiger partial charge >= 0.3 is 0 Å². The van der Waals surface area contributed by atoms with Gasteiger partial charge in [-0.05, 0) is 25.0 Å². The fraction of sp³-hybridized carbons (Fsp3) is 0.333. The van der Waals surface area contributed by atoms with Crippen LogP contribution in [0, 0.1) is 6.92 Å². The van der Waals surface area contributed by atoms with Gasteiger partial charge in [-0.2, -0.15) is 4.98 Å². The molecule has 9 nitrogen and oxygen atoms in total. The van der Waals surface area contributed by atoms with Crippen LogP contribution in [0.5, 0.6) is 0 Å². The molecule has 1 unspecified atom stereocenters. The molecule has 1 aliphatic rings. The van der Waals surface area contributed by atoms with Crippen molar-refractivity contribution in [2.45, 2.75) is 32.5 Å². The van der Waals surface area contributed by atoms with E-state index in [-0.39, 0.29) is 30.8 Å². The van der Waals surface area contributed by atoms with Crippen molar-refractivity contribution in [2.24, 2.45) is 0 Å². The van der Waals surface area contributed by atoms with E-state index >= 15 is 0 Å². The Kier molecular flexibility index (Phi) is 6.45. The fourth-order valence-electron chi connectivity index (χ4n) is 3.36. The van der Waals surface area contributed by atoms with E-state index in [2.05, 4.69) is 25.6 Å². The summed E-state index contributed by atoms with van der Waals surface area (Å²) >= 11 is 6.10. The zero-order valence-corrected chi connectivity index (χ0v) is 17.8. The van der Waals surface area contributed by atoms with E-state index in [1.165, 1.54) is 0 Å². The summed E-state index contributed by atoms with van der Waals surface area (Å²) in [4.78, 5) is 25.7. The molecule has 1 aromatic carbocycles. The van der Waals surface area contributed by atoms with Gasteiger partial charge in [0.15, 0.2) is 0 Å². The average molecular weight is 443 g/mol. The van der Waals surface area contributed by atoms with Crippen LogP contribution in [0.25, 0.3) is 5.82 Å². The minimum atomic E-state index is -0.337. The SMILES string of the molecule is Cc1cnc(NC2CCOC2)nc1-n1cnc(C(=O)NCc2cccc(Cl)c2CO)c1. The lowest BCUT2D eigenvalue weighted by atomic mass is 10.1. The highest BCUT2D eigenvalue weighted by Crippen LogP contribution is 2.20. The van der Waals surface area contributed by atoms with Crippen LogP contribution in [0.3, 0.4) is 0 Å². The van der Waals surface area contributed by atoms with Crippen LogP contribution in [0.15, 0.2) is 36.9 Å². The Hall–Kier alpha value is -3.01. The number of aliphatic hydroxyl groups excluding tert-OH is 1. The molecule has 3 N–H and O–H groups in total. The Morgan fingerprint density at radius 3 is 3.03 bits per heavy atom. The molecule has 0 spiro atoms. The van der Waals surface area contributed by atoms with E-state index in [1.54, 1.807) is 35.4 Å². The van der Waals surface area contributed by atoms with Crippen molar-refractivity contribution in [1.82, 2.24) is 24.8 Å². The maximum atomic E-state index is 12.6. The molecule has 2 aromatic heterocycles. The number of aryl methyl sites for hydroxylation is 1. The second-order valence-electron chi connectivity index (χ2n) is 7.29. The summed E-state index contributed by atoms with van der Waals surface area (Å²) in [5.74, 6) is 0.810. The van der Waals surface area contributed by atoms with Crippen LogP contribution in [0.4, 0.5) is 5.95 Å². The van der Waals surface area contributed by atoms with Gasteiger partial charge in [-0.15, -0.1) is 0 Å². The number of benzene rings is 1. The number of nitrogens with zero attached hydrogens (tertiary/aromatic N) is 4. The molecule has 3 heterocycles. The van der Waals surface area contributed by atoms with Gasteiger partial charge in [-0.3, -0.25) is 9.36 Å². The highest BCUT2D eigenvalue weighted by molar-refractivity contribution is 6.31. The van der Waals surface area contributed by atoms with Gasteiger partial charge in [0, 0.05) is 41.7 Å². The predicted molar refractivity (Wildman–Crippen MR) is 115 cm³/mol. The Morgan fingerprint density at radius 2 is 2.26 bits per heavy atom. The van der Waals surface area contributed by atoms with E-state index in [4.69, 9.17) is 16.3 Å². The quantitative estimate of drug-likeness (QED) is 0.514. The number of carbonyl (C=O) groups excluding carboxylic acids is 1. The molecule has 31 heavy (non-hydrogen) atoms. The standard InChI is InChI=1S/C21H23ClN6O3/c1-13-7-24-21(26-15-5-6-31-11-15)27-19(13)28-9-18(25-12-28)20(30)23-8-14-3-2-4-17(22)16(14)10-29/h2-4,7,9,12,15,29H,5-6,8,10-11H2,1H3,(H,23,30)(H,24,26,27). The minimum Gasteiger partial charge on any atom is -0.392 e. The molecule has 0 radical (unpaired) electrons. The molecule has 0 saturated carbocycles. The third kappa shape index (κ3) is 4.84. The molecule has 0 bridgehead atoms. The number of hydrogen-bond acceptors (Lipinski definition) is 7. The Labute approximate surface area is 184 Å². The second-order valence-corrected chi connectivity index (χ2v) is 7.70. The van der Waals surface area contributed by atoms with Gasteiger partial charge in [0.2, 0.25) is 5.95 Å². The number of aromatic nitrogens is 4. The fourth-order valence-corrected chi connectivity index (χ4v) is 3.62. The molecule has 1 fully saturated rings. The molecule has 4 rings (SSSR count). The normalized spacial score (nSPS) is 15.8. The molecule has 0 aliphatic carbocycles. The van der Waals surface area contributed by atoms with Gasteiger partial charge in [0.1, 0.15) is 17.8 Å². The summed E-state index contributed by atoms with van der Waals surface area (Å²) in [6.45, 7) is 3.28. The van der Waals surface area contributed by atoms with Gasteiger partial charge in [0.05, 0.1) is 19.3 Å². The van der Waals surface area contributed by atoms with E-state index in [9.17, 15) is 9.90 Å². The van der Waals surface area contributed by atoms with Crippen molar-refractivity contribution in [3.05, 3.63) is 64.3 Å². The molecule has 1 aliphatic heterocycles. The molecular weight excluding hydrogens is 420 g/mol. The monoisotopic (exact) mass is 442 g/mol. The van der Waals surface area contributed by atoms with Crippen LogP contribution >= 0.6 is 11.6 Å². The number of halogens is 1. The van der Waals surface area contributed by atoms with Gasteiger partial charge in [-0.1, -0.05) is 23.7 Å². The molecule has 1 amide bonds. The largest absolute Gasteiger partial charge is 0.392 e. The summed E-state index contributed by atoms with van der Waals surface area (Å²) in [6.07, 6.45) is 5.81. The Morgan fingerprint density at radius 1 is 1.39 bits per heavy atom. The third-order valence-corrected chi connectivity index (χ3v) is 5.44. The minimum absolute atomic E-state index is 0.190. The number of aliphatic hydroxyl groups is 1. The number of hydrogen-bond donors (Lipinski definition) is 3. The average Bonchev–Trinajstić information content (AvgIpc) is 3.46. The lowest BCUT2D eigenvalue weighted by Crippen LogP contribution is -2.24. The number of anilines is 1. The smallest absolute Gasteiger partial charge is 0.271 e. The lowest BCUT2D eigenvalue weighted by Gasteiger charge is -2.12. The highest BCUT2D eigenvalue weighted by atomic mass is 35.5. The van der Waals surface area contributed by atoms with Crippen LogP contribution in [0.1, 0.15) is 33.6 Å². The maximum absolute atomic E-state index is 12.6. The maximum Gasteiger partial charge on any atom is 0.271 e. The summed E-state index contributed by atoms with van der Waals surface area (Å²) in [5, 5.41) is 16.1. The summed E-state index contributed by atoms with van der Waals surface area (Å²) in [5.41, 5.74) is 2.45. The summed E-state index contributed by atoms with van der Waals surface area (Å²) < 4.78 is 7.07. The van der Waals surface area contributed by atoms with Crippen LogP contribution < -0.4 is 10.6 Å². The number of imidazole rings is 1. The number of rotatable bonds is 7. The Bertz CT molecular complexity index is 1080. The first-order valence-corrected chi connectivity index (χ1v) is 10.3. The number of amides is 1. The zero-order chi connectivity index (χ0) is 21.8. The molecule has 1 saturated heterocycles. The summed E-state index contributed by atoms with van der Waals surface area (Å²) in [7, 11) is 0. The van der Waals surface area contributed by atoms with Crippen molar-refractivity contribution in [3.8, 4) is 5.82 Å². The first-order chi connectivity index (χ1) is 15.0. The van der Waals surface area contributed by atoms with Gasteiger partial charge < -0.3 is 20.5 Å². The highest BCUT2D eigenvalue weighted by Gasteiger charge is 2.18. The molecule has 3 aromatic rings. The molecular formula is C21H23ClN6O3. The van der Waals surface area contributed by atoms with Crippen LogP contribution in [-0.4, -0.2) is 49.8 Å². The van der Waals surface area contributed by atoms with Crippen molar-refractivity contribution < 1.29 is 14.6 Å². The first kappa shape index (κ1) is 21.2. The van der Waals surface area contributed by atoms with Crippen molar-refractivity contribution in [2.75, 3.05) is 18.5 Å². The Balaban J connectivity index is 1.46. The van der Waals surface area contributed by atoms with Crippen molar-refractivity contribution in [3.63, 3.8) is 0 Å². The third-order valence-electron chi connectivity index (χ3n) is 5.08. The van der Waals surface area contributed by atoms with E-state index in [1.807, 2.05) is 13.0 Å². The predicted octanol–water partition coefficient (Wildman–Crippen LogP) is 2.25. The van der Waals surface area contributed by atoms with Gasteiger partial charge in [0.25, 0.3) is 5.91 Å². The molecule has 162 valence electrons. The molecule has 10 heteroatoms.